The first-order chi connectivity index (χ1) is 8.12. The molecule has 2 fully saturated rings. The zero-order valence-corrected chi connectivity index (χ0v) is 11.4. The molecule has 2 aliphatic rings. The molecule has 0 radical (unpaired) electrons. The minimum absolute atomic E-state index is 0.101. The summed E-state index contributed by atoms with van der Waals surface area (Å²) in [6.45, 7) is 6.76. The lowest BCUT2D eigenvalue weighted by molar-refractivity contribution is 0.0973. The molecule has 0 aromatic rings. The fourth-order valence-corrected chi connectivity index (χ4v) is 2.57. The molecule has 102 valence electrons. The van der Waals surface area contributed by atoms with Crippen molar-refractivity contribution >= 4 is 0 Å². The summed E-state index contributed by atoms with van der Waals surface area (Å²) in [5, 5.41) is 3.30. The summed E-state index contributed by atoms with van der Waals surface area (Å²) in [7, 11) is 0. The molecule has 0 aromatic carbocycles. The lowest BCUT2D eigenvalue weighted by Gasteiger charge is -2.28. The van der Waals surface area contributed by atoms with E-state index < -0.39 is 5.92 Å². The van der Waals surface area contributed by atoms with Crippen LogP contribution >= 0.6 is 0 Å². The van der Waals surface area contributed by atoms with Gasteiger partial charge in [-0.05, 0) is 31.6 Å². The highest BCUT2D eigenvalue weighted by atomic mass is 19.3. The average Bonchev–Trinajstić information content (AvgIpc) is 2.98. The van der Waals surface area contributed by atoms with Gasteiger partial charge in [0.25, 0.3) is 5.92 Å². The van der Waals surface area contributed by atoms with Gasteiger partial charge in [0.15, 0.2) is 0 Å². The Hall–Kier alpha value is -0.180. The summed E-state index contributed by atoms with van der Waals surface area (Å²) in [4.78, 5) is 0. The van der Waals surface area contributed by atoms with Crippen LogP contribution in [0.2, 0.25) is 0 Å². The zero-order chi connectivity index (χ0) is 12.9. The van der Waals surface area contributed by atoms with Crippen LogP contribution in [0.1, 0.15) is 59.3 Å². The van der Waals surface area contributed by atoms with Crippen LogP contribution in [0, 0.1) is 11.8 Å². The Morgan fingerprint density at radius 2 is 1.65 bits per heavy atom. The number of alkyl halides is 2. The molecule has 0 saturated heterocycles. The quantitative estimate of drug-likeness (QED) is 0.784. The summed E-state index contributed by atoms with van der Waals surface area (Å²) >= 11 is 0. The third kappa shape index (κ3) is 4.53. The van der Waals surface area contributed by atoms with E-state index in [4.69, 9.17) is 0 Å². The Balaban J connectivity index is 0.000000686. The van der Waals surface area contributed by atoms with Gasteiger partial charge in [-0.2, -0.15) is 0 Å². The first-order valence-electron chi connectivity index (χ1n) is 7.23. The van der Waals surface area contributed by atoms with E-state index in [9.17, 15) is 8.78 Å². The SMILES string of the molecule is CC.CCC1CCC(NCC2CC2(F)F)CC1. The maximum Gasteiger partial charge on any atom is 0.252 e. The van der Waals surface area contributed by atoms with Crippen LogP contribution in [-0.2, 0) is 0 Å². The number of rotatable bonds is 4. The Labute approximate surface area is 104 Å². The average molecular weight is 247 g/mol. The smallest absolute Gasteiger partial charge is 0.252 e. The molecule has 0 aliphatic heterocycles. The molecule has 1 unspecified atom stereocenters. The van der Waals surface area contributed by atoms with Crippen LogP contribution in [0.15, 0.2) is 0 Å². The first kappa shape index (κ1) is 14.9. The molecule has 0 bridgehead atoms. The molecular weight excluding hydrogens is 220 g/mol. The minimum atomic E-state index is -2.35. The van der Waals surface area contributed by atoms with Crippen molar-refractivity contribution in [1.29, 1.82) is 0 Å². The van der Waals surface area contributed by atoms with Crippen LogP contribution < -0.4 is 5.32 Å². The van der Waals surface area contributed by atoms with Gasteiger partial charge in [0.1, 0.15) is 0 Å². The standard InChI is InChI=1S/C12H21F2N.C2H6/c1-2-9-3-5-11(6-4-9)15-8-10-7-12(10,13)14;1-2/h9-11,15H,2-8H2,1H3;1-2H3. The number of halogens is 2. The molecule has 0 amide bonds. The second kappa shape index (κ2) is 6.67. The van der Waals surface area contributed by atoms with Gasteiger partial charge in [0, 0.05) is 24.9 Å². The monoisotopic (exact) mass is 247 g/mol. The molecule has 0 heterocycles. The van der Waals surface area contributed by atoms with Crippen LogP contribution in [-0.4, -0.2) is 18.5 Å². The lowest BCUT2D eigenvalue weighted by atomic mass is 9.84. The van der Waals surface area contributed by atoms with Gasteiger partial charge in [-0.25, -0.2) is 8.78 Å². The van der Waals surface area contributed by atoms with E-state index in [1.54, 1.807) is 0 Å². The summed E-state index contributed by atoms with van der Waals surface area (Å²) < 4.78 is 25.3. The van der Waals surface area contributed by atoms with Gasteiger partial charge in [0.05, 0.1) is 0 Å². The van der Waals surface area contributed by atoms with E-state index in [1.807, 2.05) is 13.8 Å². The van der Waals surface area contributed by atoms with Crippen LogP contribution in [0.5, 0.6) is 0 Å². The van der Waals surface area contributed by atoms with Crippen molar-refractivity contribution in [2.45, 2.75) is 71.3 Å². The predicted molar refractivity (Wildman–Crippen MR) is 68.4 cm³/mol. The van der Waals surface area contributed by atoms with E-state index in [-0.39, 0.29) is 12.3 Å². The lowest BCUT2D eigenvalue weighted by Crippen LogP contribution is -2.35. The third-order valence-corrected chi connectivity index (χ3v) is 4.03. The fraction of sp³-hybridized carbons (Fsp3) is 1.00. The number of nitrogens with one attached hydrogen (secondary N) is 1. The molecule has 0 aromatic heterocycles. The molecule has 1 nitrogen and oxygen atoms in total. The maximum absolute atomic E-state index is 12.6. The molecule has 3 heteroatoms. The molecule has 1 N–H and O–H groups in total. The Morgan fingerprint density at radius 1 is 1.12 bits per heavy atom. The van der Waals surface area contributed by atoms with Crippen LogP contribution in [0.25, 0.3) is 0 Å². The molecular formula is C14H27F2N. The largest absolute Gasteiger partial charge is 0.313 e. The van der Waals surface area contributed by atoms with E-state index in [0.29, 0.717) is 12.6 Å². The number of hydrogen-bond acceptors (Lipinski definition) is 1. The molecule has 2 saturated carbocycles. The van der Waals surface area contributed by atoms with Gasteiger partial charge in [0.2, 0.25) is 0 Å². The topological polar surface area (TPSA) is 12.0 Å². The van der Waals surface area contributed by atoms with Crippen molar-refractivity contribution in [2.75, 3.05) is 6.54 Å². The predicted octanol–water partition coefficient (Wildman–Crippen LogP) is 4.23. The van der Waals surface area contributed by atoms with Crippen LogP contribution in [0.3, 0.4) is 0 Å². The van der Waals surface area contributed by atoms with Gasteiger partial charge >= 0.3 is 0 Å². The molecule has 2 aliphatic carbocycles. The van der Waals surface area contributed by atoms with Crippen molar-refractivity contribution in [1.82, 2.24) is 5.32 Å². The van der Waals surface area contributed by atoms with Crippen molar-refractivity contribution in [3.05, 3.63) is 0 Å². The Bertz CT molecular complexity index is 210. The van der Waals surface area contributed by atoms with Gasteiger partial charge in [-0.1, -0.05) is 27.2 Å². The summed E-state index contributed by atoms with van der Waals surface area (Å²) in [6, 6.07) is 0.504. The highest BCUT2D eigenvalue weighted by Crippen LogP contribution is 2.48. The summed E-state index contributed by atoms with van der Waals surface area (Å²) in [5.41, 5.74) is 0. The van der Waals surface area contributed by atoms with Crippen molar-refractivity contribution in [2.24, 2.45) is 11.8 Å². The summed E-state index contributed by atoms with van der Waals surface area (Å²) in [5.74, 6) is -1.85. The van der Waals surface area contributed by atoms with Crippen molar-refractivity contribution in [3.63, 3.8) is 0 Å². The fourth-order valence-electron chi connectivity index (χ4n) is 2.57. The molecule has 17 heavy (non-hydrogen) atoms. The third-order valence-electron chi connectivity index (χ3n) is 4.03. The van der Waals surface area contributed by atoms with Crippen molar-refractivity contribution < 1.29 is 8.78 Å². The van der Waals surface area contributed by atoms with Crippen LogP contribution in [0.4, 0.5) is 8.78 Å². The zero-order valence-electron chi connectivity index (χ0n) is 11.4. The molecule has 1 atom stereocenters. The molecule has 0 spiro atoms. The second-order valence-electron chi connectivity index (χ2n) is 5.20. The van der Waals surface area contributed by atoms with Gasteiger partial charge in [-0.3, -0.25) is 0 Å². The molecule has 2 rings (SSSR count). The van der Waals surface area contributed by atoms with E-state index >= 15 is 0 Å². The van der Waals surface area contributed by atoms with Gasteiger partial charge < -0.3 is 5.32 Å². The maximum atomic E-state index is 12.6. The Morgan fingerprint density at radius 3 is 2.06 bits per heavy atom. The first-order valence-corrected chi connectivity index (χ1v) is 7.23. The van der Waals surface area contributed by atoms with E-state index in [0.717, 1.165) is 5.92 Å². The van der Waals surface area contributed by atoms with E-state index in [1.165, 1.54) is 32.1 Å². The highest BCUT2D eigenvalue weighted by molar-refractivity contribution is 4.96. The minimum Gasteiger partial charge on any atom is -0.313 e. The second-order valence-corrected chi connectivity index (χ2v) is 5.20. The normalized spacial score (nSPS) is 34.8. The number of hydrogen-bond donors (Lipinski definition) is 1. The Kier molecular flexibility index (Phi) is 5.84. The van der Waals surface area contributed by atoms with Gasteiger partial charge in [-0.15, -0.1) is 0 Å². The van der Waals surface area contributed by atoms with Crippen molar-refractivity contribution in [3.8, 4) is 0 Å². The van der Waals surface area contributed by atoms with E-state index in [2.05, 4.69) is 12.2 Å². The highest BCUT2D eigenvalue weighted by Gasteiger charge is 2.56. The summed E-state index contributed by atoms with van der Waals surface area (Å²) in [6.07, 6.45) is 6.27.